The first-order valence-electron chi connectivity index (χ1n) is 8.29. The zero-order chi connectivity index (χ0) is 19.3. The highest BCUT2D eigenvalue weighted by Crippen LogP contribution is 2.19. The Hall–Kier alpha value is -2.93. The molecule has 0 unspecified atom stereocenters. The van der Waals surface area contributed by atoms with Crippen LogP contribution in [0.25, 0.3) is 0 Å². The van der Waals surface area contributed by atoms with Gasteiger partial charge in [-0.3, -0.25) is 4.72 Å². The molecule has 2 N–H and O–H groups in total. The molecule has 0 radical (unpaired) electrons. The fourth-order valence-electron chi connectivity index (χ4n) is 2.49. The van der Waals surface area contributed by atoms with Crippen molar-refractivity contribution in [1.29, 1.82) is 0 Å². The number of rotatable bonds is 7. The molecule has 0 amide bonds. The summed E-state index contributed by atoms with van der Waals surface area (Å²) in [6, 6.07) is 17.8. The van der Waals surface area contributed by atoms with Crippen LogP contribution in [-0.2, 0) is 16.4 Å². The van der Waals surface area contributed by atoms with Crippen LogP contribution in [0.2, 0.25) is 0 Å². The van der Waals surface area contributed by atoms with E-state index in [4.69, 9.17) is 0 Å². The van der Waals surface area contributed by atoms with E-state index in [9.17, 15) is 17.2 Å². The van der Waals surface area contributed by atoms with Crippen molar-refractivity contribution in [3.63, 3.8) is 0 Å². The van der Waals surface area contributed by atoms with Crippen LogP contribution < -0.4 is 10.0 Å². The van der Waals surface area contributed by atoms with Crippen molar-refractivity contribution in [2.45, 2.75) is 11.3 Å². The van der Waals surface area contributed by atoms with Crippen molar-refractivity contribution in [3.8, 4) is 0 Å². The zero-order valence-electron chi connectivity index (χ0n) is 14.3. The van der Waals surface area contributed by atoms with E-state index in [-0.39, 0.29) is 10.7 Å². The minimum absolute atomic E-state index is 0.00889. The van der Waals surface area contributed by atoms with Crippen LogP contribution in [0.15, 0.2) is 77.7 Å². The van der Waals surface area contributed by atoms with Gasteiger partial charge in [0.1, 0.15) is 11.6 Å². The van der Waals surface area contributed by atoms with Crippen LogP contribution in [0.4, 0.5) is 20.2 Å². The van der Waals surface area contributed by atoms with E-state index in [0.717, 1.165) is 29.8 Å². The molecule has 3 aromatic rings. The third kappa shape index (κ3) is 5.27. The van der Waals surface area contributed by atoms with Crippen molar-refractivity contribution in [1.82, 2.24) is 0 Å². The van der Waals surface area contributed by atoms with Gasteiger partial charge in [0.05, 0.1) is 4.90 Å². The van der Waals surface area contributed by atoms with E-state index in [1.165, 1.54) is 24.3 Å². The Morgan fingerprint density at radius 1 is 0.704 bits per heavy atom. The average molecular weight is 388 g/mol. The topological polar surface area (TPSA) is 58.2 Å². The minimum Gasteiger partial charge on any atom is -0.385 e. The maximum absolute atomic E-state index is 12.9. The third-order valence-corrected chi connectivity index (χ3v) is 5.31. The Labute approximate surface area is 156 Å². The summed E-state index contributed by atoms with van der Waals surface area (Å²) in [7, 11) is -3.77. The minimum atomic E-state index is -3.77. The molecule has 0 saturated heterocycles. The monoisotopic (exact) mass is 388 g/mol. The average Bonchev–Trinajstić information content (AvgIpc) is 2.65. The lowest BCUT2D eigenvalue weighted by molar-refractivity contribution is 0.599. The molecular weight excluding hydrogens is 370 g/mol. The molecule has 7 heteroatoms. The standard InChI is InChI=1S/C20H18F2N2O2S/c21-16-3-1-15(2-4-16)13-14-23-18-7-9-19(10-8-18)24-27(25,26)20-11-5-17(22)6-12-20/h1-12,23-24H,13-14H2. The SMILES string of the molecule is O=S(=O)(Nc1ccc(NCCc2ccc(F)cc2)cc1)c1ccc(F)cc1. The number of halogens is 2. The number of sulfonamides is 1. The summed E-state index contributed by atoms with van der Waals surface area (Å²) in [6.07, 6.45) is 0.735. The van der Waals surface area contributed by atoms with Crippen molar-refractivity contribution in [2.75, 3.05) is 16.6 Å². The van der Waals surface area contributed by atoms with Crippen molar-refractivity contribution >= 4 is 21.4 Å². The first-order chi connectivity index (χ1) is 12.9. The summed E-state index contributed by atoms with van der Waals surface area (Å²) in [5, 5.41) is 3.22. The molecule has 0 aliphatic carbocycles. The first kappa shape index (κ1) is 18.8. The molecule has 0 saturated carbocycles. The van der Waals surface area contributed by atoms with Gasteiger partial charge >= 0.3 is 0 Å². The van der Waals surface area contributed by atoms with Gasteiger partial charge in [0.25, 0.3) is 10.0 Å². The Morgan fingerprint density at radius 2 is 1.22 bits per heavy atom. The Bertz CT molecular complexity index is 988. The normalized spacial score (nSPS) is 11.2. The van der Waals surface area contributed by atoms with Crippen LogP contribution in [-0.4, -0.2) is 15.0 Å². The van der Waals surface area contributed by atoms with Gasteiger partial charge in [0.15, 0.2) is 0 Å². The molecule has 140 valence electrons. The van der Waals surface area contributed by atoms with E-state index in [0.29, 0.717) is 12.2 Å². The fourth-order valence-corrected chi connectivity index (χ4v) is 3.54. The lowest BCUT2D eigenvalue weighted by Gasteiger charge is -2.10. The number of hydrogen-bond acceptors (Lipinski definition) is 3. The van der Waals surface area contributed by atoms with Crippen LogP contribution >= 0.6 is 0 Å². The summed E-state index contributed by atoms with van der Waals surface area (Å²) < 4.78 is 52.8. The van der Waals surface area contributed by atoms with Gasteiger partial charge in [-0.05, 0) is 72.6 Å². The molecule has 4 nitrogen and oxygen atoms in total. The second kappa shape index (κ2) is 8.18. The van der Waals surface area contributed by atoms with Crippen molar-refractivity contribution < 1.29 is 17.2 Å². The molecule has 0 aliphatic rings. The molecule has 0 heterocycles. The van der Waals surface area contributed by atoms with Gasteiger partial charge < -0.3 is 5.32 Å². The molecule has 0 aliphatic heterocycles. The number of benzene rings is 3. The second-order valence-electron chi connectivity index (χ2n) is 5.94. The summed E-state index contributed by atoms with van der Waals surface area (Å²) in [5.74, 6) is -0.754. The van der Waals surface area contributed by atoms with Gasteiger partial charge in [-0.1, -0.05) is 12.1 Å². The predicted octanol–water partition coefficient (Wildman–Crippen LogP) is 4.42. The summed E-state index contributed by atoms with van der Waals surface area (Å²) in [4.78, 5) is -0.00889. The Kier molecular flexibility index (Phi) is 5.71. The fraction of sp³-hybridized carbons (Fsp3) is 0.100. The molecule has 0 spiro atoms. The van der Waals surface area contributed by atoms with E-state index >= 15 is 0 Å². The molecule has 0 aromatic heterocycles. The summed E-state index contributed by atoms with van der Waals surface area (Å²) in [5.41, 5.74) is 2.26. The summed E-state index contributed by atoms with van der Waals surface area (Å²) in [6.45, 7) is 0.659. The lowest BCUT2D eigenvalue weighted by atomic mass is 10.1. The van der Waals surface area contributed by atoms with E-state index in [1.54, 1.807) is 36.4 Å². The predicted molar refractivity (Wildman–Crippen MR) is 102 cm³/mol. The van der Waals surface area contributed by atoms with E-state index < -0.39 is 15.8 Å². The second-order valence-corrected chi connectivity index (χ2v) is 7.62. The molecule has 27 heavy (non-hydrogen) atoms. The van der Waals surface area contributed by atoms with Gasteiger partial charge in [-0.25, -0.2) is 17.2 Å². The number of hydrogen-bond donors (Lipinski definition) is 2. The van der Waals surface area contributed by atoms with Gasteiger partial charge in [0.2, 0.25) is 0 Å². The molecule has 3 aromatic carbocycles. The van der Waals surface area contributed by atoms with Crippen LogP contribution in [0.3, 0.4) is 0 Å². The zero-order valence-corrected chi connectivity index (χ0v) is 15.1. The van der Waals surface area contributed by atoms with Crippen LogP contribution in [0.5, 0.6) is 0 Å². The largest absolute Gasteiger partial charge is 0.385 e. The molecular formula is C20H18F2N2O2S. The molecule has 0 fully saturated rings. The molecule has 0 bridgehead atoms. The smallest absolute Gasteiger partial charge is 0.261 e. The van der Waals surface area contributed by atoms with Crippen LogP contribution in [0.1, 0.15) is 5.56 Å². The van der Waals surface area contributed by atoms with E-state index in [2.05, 4.69) is 10.0 Å². The van der Waals surface area contributed by atoms with Gasteiger partial charge in [-0.15, -0.1) is 0 Å². The third-order valence-electron chi connectivity index (χ3n) is 3.92. The lowest BCUT2D eigenvalue weighted by Crippen LogP contribution is -2.13. The highest BCUT2D eigenvalue weighted by Gasteiger charge is 2.13. The highest BCUT2D eigenvalue weighted by molar-refractivity contribution is 7.92. The Balaban J connectivity index is 1.56. The van der Waals surface area contributed by atoms with E-state index in [1.807, 2.05) is 0 Å². The van der Waals surface area contributed by atoms with Crippen molar-refractivity contribution in [2.24, 2.45) is 0 Å². The molecule has 0 atom stereocenters. The van der Waals surface area contributed by atoms with Crippen LogP contribution in [0, 0.1) is 11.6 Å². The molecule has 3 rings (SSSR count). The number of anilines is 2. The maximum Gasteiger partial charge on any atom is 0.261 e. The maximum atomic E-state index is 12.9. The quantitative estimate of drug-likeness (QED) is 0.630. The summed E-state index contributed by atoms with van der Waals surface area (Å²) >= 11 is 0. The van der Waals surface area contributed by atoms with Gasteiger partial charge in [0, 0.05) is 17.9 Å². The van der Waals surface area contributed by atoms with Gasteiger partial charge in [-0.2, -0.15) is 0 Å². The van der Waals surface area contributed by atoms with Crippen molar-refractivity contribution in [3.05, 3.63) is 90.0 Å². The Morgan fingerprint density at radius 3 is 1.81 bits per heavy atom. The highest BCUT2D eigenvalue weighted by atomic mass is 32.2. The number of nitrogens with one attached hydrogen (secondary N) is 2. The first-order valence-corrected chi connectivity index (χ1v) is 9.77.